The summed E-state index contributed by atoms with van der Waals surface area (Å²) in [5.74, 6) is -4.01. The first kappa shape index (κ1) is 27.5. The van der Waals surface area contributed by atoms with E-state index >= 15 is 8.78 Å². The summed E-state index contributed by atoms with van der Waals surface area (Å²) in [5, 5.41) is 10.1. The number of ether oxygens (including phenoxy) is 1. The topological polar surface area (TPSA) is 89.8 Å². The number of rotatable bonds is 5. The van der Waals surface area contributed by atoms with E-state index in [1.165, 1.54) is 28.0 Å². The molecule has 8 nitrogen and oxygen atoms in total. The quantitative estimate of drug-likeness (QED) is 0.459. The minimum atomic E-state index is -3.45. The zero-order valence-electron chi connectivity index (χ0n) is 22.1. The van der Waals surface area contributed by atoms with Crippen molar-refractivity contribution in [2.45, 2.75) is 11.5 Å². The standard InChI is InChI=1S/C29H26ClF2N5O3/c1-35(2)26(38)21-9-8-18(15-24(21)30)20-14-19(16-33)25(34-17-20)36-10-12-37(13-11-36)27(39)28(40-3)22-6-4-5-7-23(22)29(28,31)32/h4-9,14-15,17H,10-13H2,1-3H3/t28-/m1/s1. The first-order valence-corrected chi connectivity index (χ1v) is 12.9. The van der Waals surface area contributed by atoms with E-state index in [1.54, 1.807) is 50.6 Å². The van der Waals surface area contributed by atoms with Crippen LogP contribution in [-0.4, -0.2) is 74.0 Å². The fourth-order valence-electron chi connectivity index (χ4n) is 5.34. The summed E-state index contributed by atoms with van der Waals surface area (Å²) in [6, 6.07) is 14.8. The Morgan fingerprint density at radius 3 is 2.33 bits per heavy atom. The molecule has 0 radical (unpaired) electrons. The highest BCUT2D eigenvalue weighted by molar-refractivity contribution is 6.34. The van der Waals surface area contributed by atoms with E-state index in [0.717, 1.165) is 7.11 Å². The molecular formula is C29H26ClF2N5O3. The number of hydrogen-bond donors (Lipinski definition) is 0. The molecule has 0 bridgehead atoms. The number of alkyl halides is 2. The van der Waals surface area contributed by atoms with Gasteiger partial charge in [-0.05, 0) is 23.8 Å². The molecule has 1 aromatic heterocycles. The van der Waals surface area contributed by atoms with Crippen LogP contribution in [0.1, 0.15) is 27.0 Å². The Morgan fingerprint density at radius 1 is 1.05 bits per heavy atom. The summed E-state index contributed by atoms with van der Waals surface area (Å²) in [5.41, 5.74) is -0.353. The van der Waals surface area contributed by atoms with Crippen molar-refractivity contribution in [1.29, 1.82) is 5.26 Å². The molecule has 1 fully saturated rings. The number of anilines is 1. The lowest BCUT2D eigenvalue weighted by Gasteiger charge is -2.50. The van der Waals surface area contributed by atoms with Crippen molar-refractivity contribution in [3.63, 3.8) is 0 Å². The number of carbonyl (C=O) groups is 2. The molecule has 3 aromatic rings. The van der Waals surface area contributed by atoms with Gasteiger partial charge in [-0.15, -0.1) is 0 Å². The molecule has 40 heavy (non-hydrogen) atoms. The van der Waals surface area contributed by atoms with Gasteiger partial charge in [-0.25, -0.2) is 4.98 Å². The van der Waals surface area contributed by atoms with Gasteiger partial charge < -0.3 is 19.4 Å². The van der Waals surface area contributed by atoms with Crippen LogP contribution >= 0.6 is 11.6 Å². The number of methoxy groups -OCH3 is 1. The molecule has 1 atom stereocenters. The first-order valence-electron chi connectivity index (χ1n) is 12.6. The molecule has 0 spiro atoms. The second-order valence-corrected chi connectivity index (χ2v) is 10.3. The lowest BCUT2D eigenvalue weighted by atomic mass is 9.68. The van der Waals surface area contributed by atoms with Crippen molar-refractivity contribution in [3.05, 3.63) is 82.0 Å². The van der Waals surface area contributed by atoms with Gasteiger partial charge in [0, 0.05) is 70.3 Å². The molecule has 0 unspecified atom stereocenters. The molecule has 2 heterocycles. The van der Waals surface area contributed by atoms with Crippen LogP contribution in [0, 0.1) is 11.3 Å². The Balaban J connectivity index is 1.33. The molecular weight excluding hydrogens is 540 g/mol. The molecule has 11 heteroatoms. The van der Waals surface area contributed by atoms with Crippen molar-refractivity contribution in [1.82, 2.24) is 14.8 Å². The van der Waals surface area contributed by atoms with E-state index < -0.39 is 17.4 Å². The second-order valence-electron chi connectivity index (χ2n) is 9.89. The molecule has 1 aliphatic carbocycles. The number of amides is 2. The first-order chi connectivity index (χ1) is 19.1. The van der Waals surface area contributed by atoms with Crippen LogP contribution in [0.5, 0.6) is 0 Å². The fraction of sp³-hybridized carbons (Fsp3) is 0.310. The number of carbonyl (C=O) groups excluding carboxylic acids is 2. The van der Waals surface area contributed by atoms with Gasteiger partial charge in [-0.2, -0.15) is 14.0 Å². The largest absolute Gasteiger partial charge is 0.358 e. The van der Waals surface area contributed by atoms with E-state index in [9.17, 15) is 14.9 Å². The molecule has 206 valence electrons. The van der Waals surface area contributed by atoms with Gasteiger partial charge in [-0.3, -0.25) is 9.59 Å². The third-order valence-corrected chi connectivity index (χ3v) is 7.80. The van der Waals surface area contributed by atoms with Crippen molar-refractivity contribution in [2.75, 3.05) is 52.3 Å². The molecule has 2 aromatic carbocycles. The van der Waals surface area contributed by atoms with Crippen LogP contribution in [0.15, 0.2) is 54.7 Å². The van der Waals surface area contributed by atoms with Gasteiger partial charge in [0.25, 0.3) is 11.8 Å². The fourth-order valence-corrected chi connectivity index (χ4v) is 5.60. The second kappa shape index (κ2) is 10.2. The van der Waals surface area contributed by atoms with Crippen LogP contribution in [-0.2, 0) is 21.1 Å². The van der Waals surface area contributed by atoms with Crippen molar-refractivity contribution in [3.8, 4) is 17.2 Å². The van der Waals surface area contributed by atoms with Gasteiger partial charge in [-0.1, -0.05) is 41.9 Å². The Bertz CT molecular complexity index is 1550. The predicted octanol–water partition coefficient (Wildman–Crippen LogP) is 4.27. The van der Waals surface area contributed by atoms with Gasteiger partial charge in [0.05, 0.1) is 16.1 Å². The summed E-state index contributed by atoms with van der Waals surface area (Å²) in [6.45, 7) is 0.917. The average molecular weight is 566 g/mol. The summed E-state index contributed by atoms with van der Waals surface area (Å²) in [7, 11) is 4.41. The van der Waals surface area contributed by atoms with Crippen LogP contribution in [0.4, 0.5) is 14.6 Å². The zero-order chi connectivity index (χ0) is 28.8. The maximum absolute atomic E-state index is 15.1. The van der Waals surface area contributed by atoms with Gasteiger partial charge in [0.1, 0.15) is 11.9 Å². The Kier molecular flexibility index (Phi) is 6.98. The Morgan fingerprint density at radius 2 is 1.73 bits per heavy atom. The van der Waals surface area contributed by atoms with E-state index in [-0.39, 0.29) is 35.1 Å². The SMILES string of the molecule is CO[C@@]1(C(=O)N2CCN(c3ncc(-c4ccc(C(=O)N(C)C)c(Cl)c4)cc3C#N)CC2)c2ccccc2C1(F)F. The van der Waals surface area contributed by atoms with Crippen LogP contribution in [0.3, 0.4) is 0 Å². The van der Waals surface area contributed by atoms with E-state index in [4.69, 9.17) is 16.3 Å². The summed E-state index contributed by atoms with van der Waals surface area (Å²) < 4.78 is 35.5. The number of aromatic nitrogens is 1. The monoisotopic (exact) mass is 565 g/mol. The molecule has 1 aliphatic heterocycles. The Hall–Kier alpha value is -4.07. The predicted molar refractivity (Wildman–Crippen MR) is 145 cm³/mol. The number of nitrogens with zero attached hydrogens (tertiary/aromatic N) is 5. The van der Waals surface area contributed by atoms with E-state index in [2.05, 4.69) is 11.1 Å². The summed E-state index contributed by atoms with van der Waals surface area (Å²) >= 11 is 6.36. The van der Waals surface area contributed by atoms with Crippen molar-refractivity contribution in [2.24, 2.45) is 0 Å². The average Bonchev–Trinajstić information content (AvgIpc) is 2.96. The maximum Gasteiger partial charge on any atom is 0.315 e. The van der Waals surface area contributed by atoms with E-state index in [0.29, 0.717) is 41.2 Å². The van der Waals surface area contributed by atoms with Crippen molar-refractivity contribution < 1.29 is 23.1 Å². The summed E-state index contributed by atoms with van der Waals surface area (Å²) in [4.78, 5) is 34.9. The lowest BCUT2D eigenvalue weighted by Crippen LogP contribution is -2.65. The van der Waals surface area contributed by atoms with Crippen LogP contribution < -0.4 is 4.90 Å². The van der Waals surface area contributed by atoms with Gasteiger partial charge in [0.2, 0.25) is 5.60 Å². The number of hydrogen-bond acceptors (Lipinski definition) is 6. The summed E-state index contributed by atoms with van der Waals surface area (Å²) in [6.07, 6.45) is 1.61. The number of halogens is 3. The Labute approximate surface area is 235 Å². The number of fused-ring (bicyclic) bond motifs is 1. The number of benzene rings is 2. The molecule has 0 N–H and O–H groups in total. The van der Waals surface area contributed by atoms with Crippen molar-refractivity contribution >= 4 is 29.2 Å². The number of nitriles is 1. The minimum absolute atomic E-state index is 0.160. The third-order valence-electron chi connectivity index (χ3n) is 7.49. The minimum Gasteiger partial charge on any atom is -0.358 e. The molecule has 0 saturated carbocycles. The van der Waals surface area contributed by atoms with E-state index in [1.807, 2.05) is 4.90 Å². The van der Waals surface area contributed by atoms with Gasteiger partial charge in [0.15, 0.2) is 0 Å². The molecule has 2 aliphatic rings. The molecule has 5 rings (SSSR count). The van der Waals surface area contributed by atoms with Crippen LogP contribution in [0.2, 0.25) is 5.02 Å². The normalized spacial score (nSPS) is 19.3. The highest BCUT2D eigenvalue weighted by atomic mass is 35.5. The number of piperazine rings is 1. The van der Waals surface area contributed by atoms with Gasteiger partial charge >= 0.3 is 5.92 Å². The maximum atomic E-state index is 15.1. The third kappa shape index (κ3) is 4.08. The molecule has 2 amide bonds. The zero-order valence-corrected chi connectivity index (χ0v) is 22.9. The molecule has 1 saturated heterocycles. The lowest BCUT2D eigenvalue weighted by molar-refractivity contribution is -0.240. The highest BCUT2D eigenvalue weighted by Gasteiger charge is 2.72. The van der Waals surface area contributed by atoms with Crippen LogP contribution in [0.25, 0.3) is 11.1 Å². The smallest absolute Gasteiger partial charge is 0.315 e. The highest BCUT2D eigenvalue weighted by Crippen LogP contribution is 2.59. The number of pyridine rings is 1.